The normalized spacial score (nSPS) is 10.2. The molecule has 1 aromatic carbocycles. The average Bonchev–Trinajstić information content (AvgIpc) is 2.42. The Morgan fingerprint density at radius 1 is 1.54 bits per heavy atom. The zero-order chi connectivity index (χ0) is 9.42. The van der Waals surface area contributed by atoms with Crippen LogP contribution < -0.4 is 5.46 Å². The van der Waals surface area contributed by atoms with Crippen LogP contribution in [0.15, 0.2) is 18.2 Å². The molecule has 0 saturated carbocycles. The zero-order valence-electron chi connectivity index (χ0n) is 7.15. The molecule has 4 heteroatoms. The van der Waals surface area contributed by atoms with Crippen molar-refractivity contribution in [3.63, 3.8) is 0 Å². The van der Waals surface area contributed by atoms with Gasteiger partial charge in [0, 0.05) is 12.4 Å². The molecule has 3 nitrogen and oxygen atoms in total. The number of hydrogen-bond acceptors (Lipinski definition) is 2. The minimum Gasteiger partial charge on any atom is -0.267 e. The SMILES string of the molecule is [B]c1ccc2c(c1)c(C#N)nn2C. The molecule has 0 atom stereocenters. The van der Waals surface area contributed by atoms with Crippen molar-refractivity contribution < 1.29 is 0 Å². The number of rotatable bonds is 0. The summed E-state index contributed by atoms with van der Waals surface area (Å²) in [4.78, 5) is 0. The van der Waals surface area contributed by atoms with Crippen molar-refractivity contribution in [2.75, 3.05) is 0 Å². The van der Waals surface area contributed by atoms with E-state index in [1.165, 1.54) is 0 Å². The number of hydrogen-bond donors (Lipinski definition) is 0. The Labute approximate surface area is 77.0 Å². The molecule has 0 aliphatic carbocycles. The van der Waals surface area contributed by atoms with Gasteiger partial charge in [0.05, 0.1) is 5.52 Å². The largest absolute Gasteiger partial charge is 0.267 e. The van der Waals surface area contributed by atoms with E-state index in [1.54, 1.807) is 23.9 Å². The fraction of sp³-hybridized carbons (Fsp3) is 0.111. The molecule has 13 heavy (non-hydrogen) atoms. The highest BCUT2D eigenvalue weighted by Gasteiger charge is 2.06. The van der Waals surface area contributed by atoms with E-state index in [0.29, 0.717) is 11.2 Å². The summed E-state index contributed by atoms with van der Waals surface area (Å²) in [6.45, 7) is 0. The number of aryl methyl sites for hydroxylation is 1. The second-order valence-corrected chi connectivity index (χ2v) is 2.86. The Kier molecular flexibility index (Phi) is 1.59. The van der Waals surface area contributed by atoms with Crippen LogP contribution in [0.5, 0.6) is 0 Å². The minimum absolute atomic E-state index is 0.421. The first-order valence-corrected chi connectivity index (χ1v) is 3.84. The molecular weight excluding hydrogens is 161 g/mol. The summed E-state index contributed by atoms with van der Waals surface area (Å²) in [5.74, 6) is 0. The van der Waals surface area contributed by atoms with Crippen LogP contribution in [0.1, 0.15) is 5.69 Å². The summed E-state index contributed by atoms with van der Waals surface area (Å²) in [5, 5.41) is 13.6. The Hall–Kier alpha value is -1.76. The van der Waals surface area contributed by atoms with Crippen LogP contribution in [0.25, 0.3) is 10.9 Å². The van der Waals surface area contributed by atoms with Crippen LogP contribution in [-0.4, -0.2) is 17.6 Å². The molecule has 0 aliphatic rings. The molecular formula is C9H6BN3. The van der Waals surface area contributed by atoms with Crippen LogP contribution >= 0.6 is 0 Å². The smallest absolute Gasteiger partial charge is 0.170 e. The standard InChI is InChI=1S/C9H6BN3/c1-13-9-3-2-6(10)4-7(9)8(5-11)12-13/h2-4H,1H3. The van der Waals surface area contributed by atoms with Gasteiger partial charge in [-0.25, -0.2) is 0 Å². The van der Waals surface area contributed by atoms with Crippen LogP contribution in [0, 0.1) is 11.3 Å². The number of nitriles is 1. The van der Waals surface area contributed by atoms with Crippen LogP contribution in [0.2, 0.25) is 0 Å². The third-order valence-corrected chi connectivity index (χ3v) is 1.98. The Morgan fingerprint density at radius 2 is 2.31 bits per heavy atom. The van der Waals surface area contributed by atoms with E-state index in [1.807, 2.05) is 12.1 Å². The second-order valence-electron chi connectivity index (χ2n) is 2.86. The van der Waals surface area contributed by atoms with Crippen LogP contribution in [-0.2, 0) is 7.05 Å². The van der Waals surface area contributed by atoms with Gasteiger partial charge in [0.15, 0.2) is 5.69 Å². The van der Waals surface area contributed by atoms with Crippen LogP contribution in [0.4, 0.5) is 0 Å². The molecule has 0 N–H and O–H groups in total. The first-order valence-electron chi connectivity index (χ1n) is 3.84. The molecule has 2 aromatic rings. The summed E-state index contributed by atoms with van der Waals surface area (Å²) in [7, 11) is 7.42. The van der Waals surface area contributed by atoms with Crippen LogP contribution in [0.3, 0.4) is 0 Å². The third-order valence-electron chi connectivity index (χ3n) is 1.98. The van der Waals surface area contributed by atoms with Gasteiger partial charge in [0.2, 0.25) is 0 Å². The Balaban J connectivity index is 2.91. The van der Waals surface area contributed by atoms with Crippen molar-refractivity contribution in [3.05, 3.63) is 23.9 Å². The van der Waals surface area contributed by atoms with Crippen molar-refractivity contribution in [1.82, 2.24) is 9.78 Å². The molecule has 1 heterocycles. The summed E-state index contributed by atoms with van der Waals surface area (Å²) in [6, 6.07) is 7.45. The van der Waals surface area contributed by atoms with Crippen molar-refractivity contribution in [1.29, 1.82) is 5.26 Å². The molecule has 0 amide bonds. The molecule has 60 valence electrons. The molecule has 2 radical (unpaired) electrons. The number of aromatic nitrogens is 2. The van der Waals surface area contributed by atoms with Gasteiger partial charge in [-0.2, -0.15) is 10.4 Å². The Bertz CT molecular complexity index is 507. The highest BCUT2D eigenvalue weighted by molar-refractivity contribution is 6.33. The predicted molar refractivity (Wildman–Crippen MR) is 50.8 cm³/mol. The molecule has 0 saturated heterocycles. The lowest BCUT2D eigenvalue weighted by Gasteiger charge is -1.94. The fourth-order valence-electron chi connectivity index (χ4n) is 1.37. The summed E-state index contributed by atoms with van der Waals surface area (Å²) in [5.41, 5.74) is 1.99. The van der Waals surface area contributed by atoms with Crippen molar-refractivity contribution in [2.45, 2.75) is 0 Å². The highest BCUT2D eigenvalue weighted by Crippen LogP contribution is 2.14. The van der Waals surface area contributed by atoms with E-state index >= 15 is 0 Å². The summed E-state index contributed by atoms with van der Waals surface area (Å²) in [6.07, 6.45) is 0. The van der Waals surface area contributed by atoms with Gasteiger partial charge in [-0.1, -0.05) is 17.6 Å². The first-order chi connectivity index (χ1) is 6.22. The van der Waals surface area contributed by atoms with E-state index in [9.17, 15) is 0 Å². The maximum absolute atomic E-state index is 8.77. The minimum atomic E-state index is 0.421. The van der Waals surface area contributed by atoms with Crippen molar-refractivity contribution >= 4 is 24.2 Å². The van der Waals surface area contributed by atoms with Gasteiger partial charge >= 0.3 is 0 Å². The summed E-state index contributed by atoms with van der Waals surface area (Å²) < 4.78 is 1.67. The van der Waals surface area contributed by atoms with Gasteiger partial charge in [-0.05, 0) is 6.07 Å². The zero-order valence-corrected chi connectivity index (χ0v) is 7.15. The Morgan fingerprint density at radius 3 is 3.00 bits per heavy atom. The average molecular weight is 167 g/mol. The van der Waals surface area contributed by atoms with Gasteiger partial charge in [-0.3, -0.25) is 4.68 Å². The molecule has 0 aliphatic heterocycles. The predicted octanol–water partition coefficient (Wildman–Crippen LogP) is 0.239. The van der Waals surface area contributed by atoms with E-state index in [2.05, 4.69) is 5.10 Å². The van der Waals surface area contributed by atoms with E-state index in [-0.39, 0.29) is 0 Å². The topological polar surface area (TPSA) is 41.6 Å². The lowest BCUT2D eigenvalue weighted by atomic mass is 9.95. The van der Waals surface area contributed by atoms with Gasteiger partial charge < -0.3 is 0 Å². The molecule has 1 aromatic heterocycles. The van der Waals surface area contributed by atoms with E-state index < -0.39 is 0 Å². The quantitative estimate of drug-likeness (QED) is 0.527. The lowest BCUT2D eigenvalue weighted by molar-refractivity contribution is 0.791. The van der Waals surface area contributed by atoms with Crippen molar-refractivity contribution in [2.24, 2.45) is 7.05 Å². The number of benzene rings is 1. The van der Waals surface area contributed by atoms with E-state index in [4.69, 9.17) is 13.1 Å². The monoisotopic (exact) mass is 167 g/mol. The molecule has 0 spiro atoms. The lowest BCUT2D eigenvalue weighted by Crippen LogP contribution is -2.00. The fourth-order valence-corrected chi connectivity index (χ4v) is 1.37. The molecule has 0 bridgehead atoms. The van der Waals surface area contributed by atoms with Gasteiger partial charge in [0.25, 0.3) is 0 Å². The van der Waals surface area contributed by atoms with E-state index in [0.717, 1.165) is 10.9 Å². The second kappa shape index (κ2) is 2.63. The molecule has 0 fully saturated rings. The molecule has 2 rings (SSSR count). The highest BCUT2D eigenvalue weighted by atomic mass is 15.3. The van der Waals surface area contributed by atoms with Crippen molar-refractivity contribution in [3.8, 4) is 6.07 Å². The number of nitrogens with zero attached hydrogens (tertiary/aromatic N) is 3. The maximum Gasteiger partial charge on any atom is 0.170 e. The summed E-state index contributed by atoms with van der Waals surface area (Å²) >= 11 is 0. The van der Waals surface area contributed by atoms with Gasteiger partial charge in [0.1, 0.15) is 13.9 Å². The third kappa shape index (κ3) is 1.09. The first kappa shape index (κ1) is 7.87. The maximum atomic E-state index is 8.77. The van der Waals surface area contributed by atoms with Gasteiger partial charge in [-0.15, -0.1) is 0 Å². The molecule has 0 unspecified atom stereocenters. The number of fused-ring (bicyclic) bond motifs is 1.